The van der Waals surface area contributed by atoms with Gasteiger partial charge in [0.05, 0.1) is 5.69 Å². The summed E-state index contributed by atoms with van der Waals surface area (Å²) < 4.78 is 13.2. The first-order valence-corrected chi connectivity index (χ1v) is 9.41. The summed E-state index contributed by atoms with van der Waals surface area (Å²) in [5.41, 5.74) is 9.62. The van der Waals surface area contributed by atoms with Crippen LogP contribution in [0, 0.1) is 5.82 Å². The van der Waals surface area contributed by atoms with Crippen molar-refractivity contribution in [1.82, 2.24) is 9.97 Å². The molecule has 0 aliphatic rings. The highest BCUT2D eigenvalue weighted by atomic mass is 19.1. The molecule has 0 radical (unpaired) electrons. The molecule has 0 aliphatic heterocycles. The van der Waals surface area contributed by atoms with E-state index < -0.39 is 5.82 Å². The van der Waals surface area contributed by atoms with Gasteiger partial charge in [0.25, 0.3) is 0 Å². The Bertz CT molecular complexity index is 1180. The van der Waals surface area contributed by atoms with Gasteiger partial charge >= 0.3 is 0 Å². The second-order valence-corrected chi connectivity index (χ2v) is 6.74. The number of hydrogen-bond donors (Lipinski definition) is 2. The number of nitrogens with one attached hydrogen (secondary N) is 1. The third-order valence-electron chi connectivity index (χ3n) is 4.65. The van der Waals surface area contributed by atoms with Gasteiger partial charge < -0.3 is 11.1 Å². The fraction of sp³-hybridized carbons (Fsp3) is 0.0417. The van der Waals surface area contributed by atoms with E-state index in [1.807, 2.05) is 30.3 Å². The van der Waals surface area contributed by atoms with Crippen LogP contribution in [0.25, 0.3) is 11.3 Å². The van der Waals surface area contributed by atoms with Gasteiger partial charge in [0.2, 0.25) is 5.95 Å². The first-order valence-electron chi connectivity index (χ1n) is 9.41. The van der Waals surface area contributed by atoms with Crippen molar-refractivity contribution >= 4 is 17.4 Å². The predicted molar refractivity (Wildman–Crippen MR) is 115 cm³/mol. The fourth-order valence-electron chi connectivity index (χ4n) is 3.05. The summed E-state index contributed by atoms with van der Waals surface area (Å²) in [7, 11) is 0. The van der Waals surface area contributed by atoms with E-state index in [1.54, 1.807) is 30.5 Å². The number of hydrogen-bond acceptors (Lipinski definition) is 5. The van der Waals surface area contributed by atoms with Crippen molar-refractivity contribution in [3.63, 3.8) is 0 Å². The van der Waals surface area contributed by atoms with Gasteiger partial charge in [-0.3, -0.25) is 4.79 Å². The van der Waals surface area contributed by atoms with Gasteiger partial charge in [0.1, 0.15) is 5.82 Å². The molecule has 30 heavy (non-hydrogen) atoms. The molecule has 4 rings (SSSR count). The maximum Gasteiger partial charge on any atom is 0.223 e. The molecule has 0 atom stereocenters. The second kappa shape index (κ2) is 8.53. The molecule has 0 fully saturated rings. The van der Waals surface area contributed by atoms with Gasteiger partial charge in [-0.1, -0.05) is 36.4 Å². The van der Waals surface area contributed by atoms with Crippen molar-refractivity contribution in [2.75, 3.05) is 11.1 Å². The maximum absolute atomic E-state index is 13.2. The number of rotatable bonds is 6. The van der Waals surface area contributed by atoms with Crippen LogP contribution >= 0.6 is 0 Å². The summed E-state index contributed by atoms with van der Waals surface area (Å²) in [4.78, 5) is 21.7. The van der Waals surface area contributed by atoms with E-state index in [-0.39, 0.29) is 5.78 Å². The Labute approximate surface area is 173 Å². The molecule has 5 nitrogen and oxygen atoms in total. The average Bonchev–Trinajstić information content (AvgIpc) is 2.79. The van der Waals surface area contributed by atoms with Gasteiger partial charge in [0, 0.05) is 35.1 Å². The molecule has 3 aromatic carbocycles. The molecule has 0 spiro atoms. The number of nitrogens with two attached hydrogens (primary N) is 1. The van der Waals surface area contributed by atoms with Crippen molar-refractivity contribution in [2.45, 2.75) is 6.54 Å². The van der Waals surface area contributed by atoms with E-state index >= 15 is 0 Å². The summed E-state index contributed by atoms with van der Waals surface area (Å²) in [5.74, 6) is -0.185. The molecule has 0 bridgehead atoms. The molecule has 1 heterocycles. The van der Waals surface area contributed by atoms with E-state index in [4.69, 9.17) is 5.73 Å². The van der Waals surface area contributed by atoms with Crippen LogP contribution < -0.4 is 11.1 Å². The number of nitrogen functional groups attached to an aromatic ring is 1. The quantitative estimate of drug-likeness (QED) is 0.363. The molecule has 3 N–H and O–H groups in total. The van der Waals surface area contributed by atoms with Gasteiger partial charge in [-0.15, -0.1) is 0 Å². The highest BCUT2D eigenvalue weighted by Gasteiger charge is 2.14. The molecule has 0 amide bonds. The molecule has 0 saturated carbocycles. The van der Waals surface area contributed by atoms with Crippen LogP contribution in [0.1, 0.15) is 21.5 Å². The normalized spacial score (nSPS) is 10.6. The Morgan fingerprint density at radius 3 is 2.50 bits per heavy atom. The number of carbonyl (C=O) groups is 1. The highest BCUT2D eigenvalue weighted by molar-refractivity contribution is 6.12. The van der Waals surface area contributed by atoms with Gasteiger partial charge in [-0.05, 0) is 48.0 Å². The molecule has 0 unspecified atom stereocenters. The van der Waals surface area contributed by atoms with Crippen LogP contribution in [0.5, 0.6) is 0 Å². The lowest BCUT2D eigenvalue weighted by Crippen LogP contribution is -2.06. The molecule has 6 heteroatoms. The minimum absolute atomic E-state index is 0.272. The molecule has 0 saturated heterocycles. The number of anilines is 2. The van der Waals surface area contributed by atoms with Crippen molar-refractivity contribution < 1.29 is 9.18 Å². The Balaban J connectivity index is 1.59. The first-order chi connectivity index (χ1) is 14.6. The fourth-order valence-corrected chi connectivity index (χ4v) is 3.05. The van der Waals surface area contributed by atoms with Crippen LogP contribution in [0.4, 0.5) is 16.0 Å². The first kappa shape index (κ1) is 19.3. The summed E-state index contributed by atoms with van der Waals surface area (Å²) in [6.07, 6.45) is 1.66. The van der Waals surface area contributed by atoms with Gasteiger partial charge in [-0.2, -0.15) is 0 Å². The van der Waals surface area contributed by atoms with Crippen LogP contribution in [0.15, 0.2) is 85.1 Å². The summed E-state index contributed by atoms with van der Waals surface area (Å²) in [6.45, 7) is 0.598. The number of ketones is 1. The average molecular weight is 398 g/mol. The summed E-state index contributed by atoms with van der Waals surface area (Å²) in [6, 6.07) is 22.3. The Kier molecular flexibility index (Phi) is 5.48. The maximum atomic E-state index is 13.2. The van der Waals surface area contributed by atoms with Crippen molar-refractivity contribution in [3.8, 4) is 11.3 Å². The van der Waals surface area contributed by atoms with E-state index in [2.05, 4.69) is 15.3 Å². The largest absolute Gasteiger partial charge is 0.398 e. The molecule has 1 aromatic heterocycles. The third-order valence-corrected chi connectivity index (χ3v) is 4.65. The standard InChI is InChI=1S/C24H19FN4O/c25-19-9-6-17(7-10-19)23(30)20-14-18(8-11-21(20)26)22-12-13-27-24(29-22)28-15-16-4-2-1-3-5-16/h1-14H,15,26H2,(H,27,28,29). The van der Waals surface area contributed by atoms with Gasteiger partial charge in [-0.25, -0.2) is 14.4 Å². The molecule has 0 aliphatic carbocycles. The predicted octanol–water partition coefficient (Wildman–Crippen LogP) is 4.71. The van der Waals surface area contributed by atoms with E-state index in [0.717, 1.165) is 11.1 Å². The SMILES string of the molecule is Nc1ccc(-c2ccnc(NCc3ccccc3)n2)cc1C(=O)c1ccc(F)cc1. The van der Waals surface area contributed by atoms with E-state index in [1.165, 1.54) is 24.3 Å². The molecule has 4 aromatic rings. The summed E-state index contributed by atoms with van der Waals surface area (Å²) >= 11 is 0. The minimum atomic E-state index is -0.398. The van der Waals surface area contributed by atoms with Gasteiger partial charge in [0.15, 0.2) is 5.78 Å². The second-order valence-electron chi connectivity index (χ2n) is 6.74. The van der Waals surface area contributed by atoms with Crippen molar-refractivity contribution in [2.24, 2.45) is 0 Å². The topological polar surface area (TPSA) is 80.9 Å². The van der Waals surface area contributed by atoms with E-state index in [9.17, 15) is 9.18 Å². The number of carbonyl (C=O) groups excluding carboxylic acids is 1. The third kappa shape index (κ3) is 4.33. The molecular weight excluding hydrogens is 379 g/mol. The van der Waals surface area contributed by atoms with Crippen LogP contribution in [0.3, 0.4) is 0 Å². The van der Waals surface area contributed by atoms with Crippen LogP contribution in [-0.4, -0.2) is 15.8 Å². The lowest BCUT2D eigenvalue weighted by molar-refractivity contribution is 0.103. The van der Waals surface area contributed by atoms with Crippen molar-refractivity contribution in [1.29, 1.82) is 0 Å². The van der Waals surface area contributed by atoms with Crippen molar-refractivity contribution in [3.05, 3.63) is 108 Å². The Morgan fingerprint density at radius 2 is 1.73 bits per heavy atom. The number of benzene rings is 3. The van der Waals surface area contributed by atoms with E-state index in [0.29, 0.717) is 35.0 Å². The van der Waals surface area contributed by atoms with Crippen LogP contribution in [-0.2, 0) is 6.54 Å². The number of aromatic nitrogens is 2. The zero-order valence-electron chi connectivity index (χ0n) is 16.0. The smallest absolute Gasteiger partial charge is 0.223 e. The number of halogens is 1. The summed E-state index contributed by atoms with van der Waals surface area (Å²) in [5, 5.41) is 3.20. The number of nitrogens with zero attached hydrogens (tertiary/aromatic N) is 2. The Hall–Kier alpha value is -4.06. The van der Waals surface area contributed by atoms with Crippen LogP contribution in [0.2, 0.25) is 0 Å². The lowest BCUT2D eigenvalue weighted by Gasteiger charge is -2.10. The molecular formula is C24H19FN4O. The minimum Gasteiger partial charge on any atom is -0.398 e. The Morgan fingerprint density at radius 1 is 0.967 bits per heavy atom. The monoisotopic (exact) mass is 398 g/mol. The lowest BCUT2D eigenvalue weighted by atomic mass is 9.98. The molecule has 148 valence electrons. The highest BCUT2D eigenvalue weighted by Crippen LogP contribution is 2.25. The zero-order valence-corrected chi connectivity index (χ0v) is 16.0. The zero-order chi connectivity index (χ0) is 20.9.